The molecule has 0 atom stereocenters. The highest BCUT2D eigenvalue weighted by atomic mass is 32.2. The van der Waals surface area contributed by atoms with Crippen molar-refractivity contribution in [1.82, 2.24) is 4.31 Å². The Morgan fingerprint density at radius 2 is 1.32 bits per heavy atom. The van der Waals surface area contributed by atoms with Gasteiger partial charge in [-0.15, -0.1) is 0 Å². The summed E-state index contributed by atoms with van der Waals surface area (Å²) in [6.45, 7) is 0.342. The summed E-state index contributed by atoms with van der Waals surface area (Å²) < 4.78 is 53.1. The molecule has 0 unspecified atom stereocenters. The first-order valence-electron chi connectivity index (χ1n) is 9.52. The summed E-state index contributed by atoms with van der Waals surface area (Å²) in [5.41, 5.74) is 1.95. The Bertz CT molecular complexity index is 1260. The molecule has 1 N–H and O–H groups in total. The van der Waals surface area contributed by atoms with Crippen LogP contribution in [0.2, 0.25) is 0 Å². The van der Waals surface area contributed by atoms with Crippen molar-refractivity contribution in [3.8, 4) is 0 Å². The second-order valence-corrected chi connectivity index (χ2v) is 11.2. The van der Waals surface area contributed by atoms with E-state index in [1.165, 1.54) is 25.4 Å². The number of nitrogens with one attached hydrogen (secondary N) is 1. The third-order valence-electron chi connectivity index (χ3n) is 4.79. The largest absolute Gasteiger partial charge is 0.381 e. The predicted molar refractivity (Wildman–Crippen MR) is 123 cm³/mol. The Morgan fingerprint density at radius 1 is 0.710 bits per heavy atom. The SMILES string of the molecule is CN(C)S(=O)(=O)c1cccc(CNc2cccc(S(=O)(=O)N(C)c3ccccc3)c2)c1. The fourth-order valence-corrected chi connectivity index (χ4v) is 5.15. The lowest BCUT2D eigenvalue weighted by molar-refractivity contribution is 0.520. The highest BCUT2D eigenvalue weighted by Crippen LogP contribution is 2.24. The van der Waals surface area contributed by atoms with Gasteiger partial charge in [-0.25, -0.2) is 21.1 Å². The number of sulfonamides is 2. The molecule has 9 heteroatoms. The molecule has 164 valence electrons. The molecule has 0 aromatic heterocycles. The molecule has 3 rings (SSSR count). The first-order valence-corrected chi connectivity index (χ1v) is 12.4. The number of nitrogens with zero attached hydrogens (tertiary/aromatic N) is 2. The number of hydrogen-bond donors (Lipinski definition) is 1. The average molecular weight is 460 g/mol. The summed E-state index contributed by atoms with van der Waals surface area (Å²) in [5.74, 6) is 0. The smallest absolute Gasteiger partial charge is 0.264 e. The molecule has 0 heterocycles. The van der Waals surface area contributed by atoms with Crippen molar-refractivity contribution in [3.05, 3.63) is 84.4 Å². The van der Waals surface area contributed by atoms with Crippen LogP contribution in [0.25, 0.3) is 0 Å². The lowest BCUT2D eigenvalue weighted by atomic mass is 10.2. The van der Waals surface area contributed by atoms with Crippen molar-refractivity contribution in [2.45, 2.75) is 16.3 Å². The van der Waals surface area contributed by atoms with Gasteiger partial charge in [0.15, 0.2) is 0 Å². The maximum atomic E-state index is 13.0. The monoisotopic (exact) mass is 459 g/mol. The first-order chi connectivity index (χ1) is 14.6. The van der Waals surface area contributed by atoms with E-state index in [-0.39, 0.29) is 9.79 Å². The molecule has 0 bridgehead atoms. The van der Waals surface area contributed by atoms with E-state index in [0.29, 0.717) is 17.9 Å². The van der Waals surface area contributed by atoms with E-state index in [1.54, 1.807) is 66.7 Å². The van der Waals surface area contributed by atoms with E-state index >= 15 is 0 Å². The maximum Gasteiger partial charge on any atom is 0.264 e. The summed E-state index contributed by atoms with van der Waals surface area (Å²) in [6.07, 6.45) is 0. The fraction of sp³-hybridized carbons (Fsp3) is 0.182. The van der Waals surface area contributed by atoms with E-state index in [2.05, 4.69) is 5.32 Å². The van der Waals surface area contributed by atoms with E-state index in [4.69, 9.17) is 0 Å². The molecule has 0 saturated carbocycles. The van der Waals surface area contributed by atoms with Gasteiger partial charge in [-0.05, 0) is 48.0 Å². The van der Waals surface area contributed by atoms with Gasteiger partial charge in [0.05, 0.1) is 15.5 Å². The molecule has 0 saturated heterocycles. The second kappa shape index (κ2) is 9.09. The summed E-state index contributed by atoms with van der Waals surface area (Å²) in [6, 6.07) is 22.0. The van der Waals surface area contributed by atoms with Gasteiger partial charge in [0.2, 0.25) is 10.0 Å². The maximum absolute atomic E-state index is 13.0. The van der Waals surface area contributed by atoms with Crippen LogP contribution in [0.1, 0.15) is 5.56 Å². The van der Waals surface area contributed by atoms with E-state index in [9.17, 15) is 16.8 Å². The van der Waals surface area contributed by atoms with Crippen LogP contribution in [0, 0.1) is 0 Å². The Kier molecular flexibility index (Phi) is 6.68. The molecule has 0 aliphatic rings. The molecule has 31 heavy (non-hydrogen) atoms. The molecular formula is C22H25N3O4S2. The molecule has 0 aliphatic heterocycles. The molecule has 3 aromatic rings. The van der Waals surface area contributed by atoms with Crippen LogP contribution >= 0.6 is 0 Å². The minimum Gasteiger partial charge on any atom is -0.381 e. The molecule has 0 fully saturated rings. The van der Waals surface area contributed by atoms with Crippen LogP contribution in [0.5, 0.6) is 0 Å². The zero-order valence-corrected chi connectivity index (χ0v) is 19.2. The van der Waals surface area contributed by atoms with Gasteiger partial charge in [-0.3, -0.25) is 4.31 Å². The zero-order chi connectivity index (χ0) is 22.6. The Labute approximate surface area is 184 Å². The average Bonchev–Trinajstić information content (AvgIpc) is 2.78. The Hall–Kier alpha value is -2.88. The van der Waals surface area contributed by atoms with E-state index < -0.39 is 20.0 Å². The highest BCUT2D eigenvalue weighted by molar-refractivity contribution is 7.92. The van der Waals surface area contributed by atoms with E-state index in [1.807, 2.05) is 12.1 Å². The minimum atomic E-state index is -3.72. The van der Waals surface area contributed by atoms with Gasteiger partial charge in [0.1, 0.15) is 0 Å². The third kappa shape index (κ3) is 5.07. The summed E-state index contributed by atoms with van der Waals surface area (Å²) in [5, 5.41) is 3.17. The zero-order valence-electron chi connectivity index (χ0n) is 17.6. The van der Waals surface area contributed by atoms with Crippen LogP contribution in [0.4, 0.5) is 11.4 Å². The van der Waals surface area contributed by atoms with Crippen molar-refractivity contribution in [3.63, 3.8) is 0 Å². The lowest BCUT2D eigenvalue weighted by Crippen LogP contribution is -2.26. The standard InChI is InChI=1S/C22H25N3O4S2/c1-24(2)30(26,27)21-13-7-9-18(15-21)17-23-19-10-8-14-22(16-19)31(28,29)25(3)20-11-5-4-6-12-20/h4-16,23H,17H2,1-3H3. The van der Waals surface area contributed by atoms with Gasteiger partial charge < -0.3 is 5.32 Å². The topological polar surface area (TPSA) is 86.8 Å². The number of para-hydroxylation sites is 1. The molecule has 0 amide bonds. The van der Waals surface area contributed by atoms with Crippen LogP contribution in [-0.4, -0.2) is 42.3 Å². The van der Waals surface area contributed by atoms with Gasteiger partial charge in [-0.1, -0.05) is 36.4 Å². The molecule has 0 aliphatic carbocycles. The van der Waals surface area contributed by atoms with Crippen LogP contribution in [-0.2, 0) is 26.6 Å². The minimum absolute atomic E-state index is 0.160. The van der Waals surface area contributed by atoms with Crippen molar-refractivity contribution < 1.29 is 16.8 Å². The second-order valence-electron chi connectivity index (χ2n) is 7.12. The number of benzene rings is 3. The Morgan fingerprint density at radius 3 is 1.97 bits per heavy atom. The van der Waals surface area contributed by atoms with E-state index in [0.717, 1.165) is 9.87 Å². The third-order valence-corrected chi connectivity index (χ3v) is 8.38. The number of hydrogen-bond acceptors (Lipinski definition) is 5. The highest BCUT2D eigenvalue weighted by Gasteiger charge is 2.21. The molecule has 7 nitrogen and oxygen atoms in total. The number of rotatable bonds is 8. The van der Waals surface area contributed by atoms with Gasteiger partial charge in [0.25, 0.3) is 10.0 Å². The lowest BCUT2D eigenvalue weighted by Gasteiger charge is -2.20. The molecular weight excluding hydrogens is 434 g/mol. The quantitative estimate of drug-likeness (QED) is 0.558. The normalized spacial score (nSPS) is 12.0. The first kappa shape index (κ1) is 22.8. The van der Waals surface area contributed by atoms with Gasteiger partial charge in [0, 0.05) is 33.4 Å². The Balaban J connectivity index is 1.79. The number of anilines is 2. The molecule has 0 spiro atoms. The molecule has 3 aromatic carbocycles. The van der Waals surface area contributed by atoms with Crippen LogP contribution in [0.3, 0.4) is 0 Å². The van der Waals surface area contributed by atoms with Crippen LogP contribution in [0.15, 0.2) is 88.7 Å². The van der Waals surface area contributed by atoms with Crippen molar-refractivity contribution in [2.24, 2.45) is 0 Å². The van der Waals surface area contributed by atoms with Crippen molar-refractivity contribution in [1.29, 1.82) is 0 Å². The van der Waals surface area contributed by atoms with Gasteiger partial charge >= 0.3 is 0 Å². The molecule has 0 radical (unpaired) electrons. The van der Waals surface area contributed by atoms with Crippen molar-refractivity contribution in [2.75, 3.05) is 30.8 Å². The predicted octanol–water partition coefficient (Wildman–Crippen LogP) is 3.37. The van der Waals surface area contributed by atoms with Gasteiger partial charge in [-0.2, -0.15) is 0 Å². The fourth-order valence-electron chi connectivity index (χ4n) is 2.93. The van der Waals surface area contributed by atoms with Crippen LogP contribution < -0.4 is 9.62 Å². The summed E-state index contributed by atoms with van der Waals surface area (Å²) >= 11 is 0. The van der Waals surface area contributed by atoms with Crippen molar-refractivity contribution >= 4 is 31.4 Å². The summed E-state index contributed by atoms with van der Waals surface area (Å²) in [7, 11) is -2.76. The summed E-state index contributed by atoms with van der Waals surface area (Å²) in [4.78, 5) is 0.366.